The van der Waals surface area contributed by atoms with Crippen LogP contribution < -0.4 is 25.0 Å². The fourth-order valence-electron chi connectivity index (χ4n) is 2.53. The Kier molecular flexibility index (Phi) is 4.90. The third kappa shape index (κ3) is 3.94. The quantitative estimate of drug-likeness (QED) is 0.701. The molecule has 0 atom stereocenters. The minimum atomic E-state index is -0.569. The molecule has 0 spiro atoms. The Morgan fingerprint density at radius 2 is 1.86 bits per heavy atom. The van der Waals surface area contributed by atoms with Crippen molar-refractivity contribution in [3.05, 3.63) is 81.4 Å². The lowest BCUT2D eigenvalue weighted by Gasteiger charge is -2.07. The molecular formula is C20H14ClNO6. The molecule has 0 aliphatic carbocycles. The number of carbonyl (C=O) groups excluding carboxylic acids is 1. The molecular weight excluding hydrogens is 386 g/mol. The van der Waals surface area contributed by atoms with E-state index in [9.17, 15) is 9.59 Å². The number of carbonyl (C=O) groups is 1. The van der Waals surface area contributed by atoms with E-state index >= 15 is 0 Å². The maximum atomic E-state index is 12.3. The summed E-state index contributed by atoms with van der Waals surface area (Å²) in [6, 6.07) is 13.1. The number of anilines is 1. The van der Waals surface area contributed by atoms with Gasteiger partial charge in [-0.1, -0.05) is 23.7 Å². The molecule has 2 heterocycles. The van der Waals surface area contributed by atoms with Gasteiger partial charge in [0.15, 0.2) is 17.3 Å². The number of ether oxygens (including phenoxy) is 3. The Hall–Kier alpha value is -3.45. The Labute approximate surface area is 164 Å². The van der Waals surface area contributed by atoms with E-state index in [1.807, 2.05) is 0 Å². The van der Waals surface area contributed by atoms with E-state index in [1.54, 1.807) is 42.5 Å². The molecule has 3 aromatic rings. The lowest BCUT2D eigenvalue weighted by molar-refractivity contribution is 0.0993. The van der Waals surface area contributed by atoms with Crippen molar-refractivity contribution in [2.75, 3.05) is 12.1 Å². The minimum Gasteiger partial charge on any atom is -0.482 e. The third-order valence-corrected chi connectivity index (χ3v) is 4.21. The van der Waals surface area contributed by atoms with Crippen molar-refractivity contribution in [2.24, 2.45) is 0 Å². The van der Waals surface area contributed by atoms with Gasteiger partial charge in [0, 0.05) is 22.8 Å². The molecule has 0 fully saturated rings. The first kappa shape index (κ1) is 17.9. The van der Waals surface area contributed by atoms with Crippen LogP contribution >= 0.6 is 11.6 Å². The molecule has 0 saturated carbocycles. The number of benzene rings is 2. The van der Waals surface area contributed by atoms with Crippen molar-refractivity contribution in [3.8, 4) is 17.2 Å². The zero-order chi connectivity index (χ0) is 19.5. The molecule has 1 aromatic heterocycles. The molecule has 142 valence electrons. The van der Waals surface area contributed by atoms with Crippen LogP contribution in [0.2, 0.25) is 5.02 Å². The van der Waals surface area contributed by atoms with E-state index in [0.29, 0.717) is 22.2 Å². The van der Waals surface area contributed by atoms with Gasteiger partial charge in [-0.3, -0.25) is 9.59 Å². The lowest BCUT2D eigenvalue weighted by Crippen LogP contribution is -2.15. The van der Waals surface area contributed by atoms with Crippen molar-refractivity contribution >= 4 is 23.2 Å². The standard InChI is InChI=1S/C20H14ClNO6/c21-13-3-1-12(2-4-13)9-25-19-10-26-18(8-15(19)23)20(24)22-14-5-6-16-17(7-14)28-11-27-16/h1-8,10H,9,11H2,(H,22,24). The number of rotatable bonds is 5. The molecule has 0 unspecified atom stereocenters. The fourth-order valence-corrected chi connectivity index (χ4v) is 2.66. The Morgan fingerprint density at radius 1 is 1.07 bits per heavy atom. The number of hydrogen-bond acceptors (Lipinski definition) is 6. The van der Waals surface area contributed by atoms with Crippen LogP contribution in [-0.2, 0) is 6.61 Å². The van der Waals surface area contributed by atoms with Gasteiger partial charge in [-0.05, 0) is 29.8 Å². The second-order valence-corrected chi connectivity index (χ2v) is 6.35. The van der Waals surface area contributed by atoms with Gasteiger partial charge < -0.3 is 23.9 Å². The SMILES string of the molecule is O=C(Nc1ccc2c(c1)OCO2)c1cc(=O)c(OCc2ccc(Cl)cc2)co1. The molecule has 2 aromatic carbocycles. The third-order valence-electron chi connectivity index (χ3n) is 3.96. The van der Waals surface area contributed by atoms with E-state index in [-0.39, 0.29) is 24.9 Å². The first-order valence-electron chi connectivity index (χ1n) is 8.29. The highest BCUT2D eigenvalue weighted by atomic mass is 35.5. The molecule has 1 aliphatic rings. The first-order chi connectivity index (χ1) is 13.6. The van der Waals surface area contributed by atoms with E-state index in [1.165, 1.54) is 0 Å². The van der Waals surface area contributed by atoms with Crippen LogP contribution in [0.15, 0.2) is 64.0 Å². The highest BCUT2D eigenvalue weighted by molar-refractivity contribution is 6.30. The average Bonchev–Trinajstić information content (AvgIpc) is 3.16. The summed E-state index contributed by atoms with van der Waals surface area (Å²) < 4.78 is 21.2. The summed E-state index contributed by atoms with van der Waals surface area (Å²) in [5, 5.41) is 3.25. The number of halogens is 1. The van der Waals surface area contributed by atoms with Gasteiger partial charge in [0.1, 0.15) is 12.9 Å². The van der Waals surface area contributed by atoms with Crippen molar-refractivity contribution in [3.63, 3.8) is 0 Å². The number of nitrogens with one attached hydrogen (secondary N) is 1. The van der Waals surface area contributed by atoms with Crippen LogP contribution in [0, 0.1) is 0 Å². The van der Waals surface area contributed by atoms with E-state index in [2.05, 4.69) is 5.32 Å². The normalized spacial score (nSPS) is 11.9. The molecule has 0 saturated heterocycles. The summed E-state index contributed by atoms with van der Waals surface area (Å²) in [7, 11) is 0. The molecule has 1 N–H and O–H groups in total. The maximum absolute atomic E-state index is 12.3. The van der Waals surface area contributed by atoms with Crippen molar-refractivity contribution in [1.29, 1.82) is 0 Å². The van der Waals surface area contributed by atoms with Crippen molar-refractivity contribution in [2.45, 2.75) is 6.61 Å². The van der Waals surface area contributed by atoms with Gasteiger partial charge in [0.05, 0.1) is 0 Å². The zero-order valence-corrected chi connectivity index (χ0v) is 15.2. The summed E-state index contributed by atoms with van der Waals surface area (Å²) in [4.78, 5) is 24.5. The second kappa shape index (κ2) is 7.66. The van der Waals surface area contributed by atoms with Crippen LogP contribution in [0.5, 0.6) is 17.2 Å². The van der Waals surface area contributed by atoms with Gasteiger partial charge in [0.2, 0.25) is 18.0 Å². The topological polar surface area (TPSA) is 87.0 Å². The van der Waals surface area contributed by atoms with Crippen LogP contribution in [0.25, 0.3) is 0 Å². The predicted octanol–water partition coefficient (Wildman–Crippen LogP) is 3.85. The summed E-state index contributed by atoms with van der Waals surface area (Å²) in [6.07, 6.45) is 1.12. The smallest absolute Gasteiger partial charge is 0.291 e. The van der Waals surface area contributed by atoms with Crippen molar-refractivity contribution in [1.82, 2.24) is 0 Å². The van der Waals surface area contributed by atoms with Crippen LogP contribution in [0.3, 0.4) is 0 Å². The van der Waals surface area contributed by atoms with Crippen LogP contribution in [0.1, 0.15) is 16.1 Å². The molecule has 4 rings (SSSR count). The lowest BCUT2D eigenvalue weighted by atomic mass is 10.2. The number of hydrogen-bond donors (Lipinski definition) is 1. The fraction of sp³-hybridized carbons (Fsp3) is 0.100. The van der Waals surface area contributed by atoms with Crippen LogP contribution in [-0.4, -0.2) is 12.7 Å². The van der Waals surface area contributed by atoms with Gasteiger partial charge in [0.25, 0.3) is 5.91 Å². The minimum absolute atomic E-state index is 0.00887. The van der Waals surface area contributed by atoms with Gasteiger partial charge in [-0.15, -0.1) is 0 Å². The first-order valence-corrected chi connectivity index (χ1v) is 8.67. The van der Waals surface area contributed by atoms with E-state index < -0.39 is 11.3 Å². The second-order valence-electron chi connectivity index (χ2n) is 5.91. The van der Waals surface area contributed by atoms with Gasteiger partial charge in [-0.25, -0.2) is 0 Å². The molecule has 1 aliphatic heterocycles. The van der Waals surface area contributed by atoms with Crippen LogP contribution in [0.4, 0.5) is 5.69 Å². The molecule has 7 nitrogen and oxygen atoms in total. The predicted molar refractivity (Wildman–Crippen MR) is 101 cm³/mol. The summed E-state index contributed by atoms with van der Waals surface area (Å²) in [6.45, 7) is 0.309. The maximum Gasteiger partial charge on any atom is 0.291 e. The summed E-state index contributed by atoms with van der Waals surface area (Å²) >= 11 is 5.83. The summed E-state index contributed by atoms with van der Waals surface area (Å²) in [5.41, 5.74) is 0.865. The highest BCUT2D eigenvalue weighted by Gasteiger charge is 2.16. The molecule has 8 heteroatoms. The monoisotopic (exact) mass is 399 g/mol. The van der Waals surface area contributed by atoms with E-state index in [0.717, 1.165) is 17.9 Å². The zero-order valence-electron chi connectivity index (χ0n) is 14.4. The van der Waals surface area contributed by atoms with E-state index in [4.69, 9.17) is 30.2 Å². The largest absolute Gasteiger partial charge is 0.482 e. The summed E-state index contributed by atoms with van der Waals surface area (Å²) in [5.74, 6) is 0.438. The molecule has 0 radical (unpaired) electrons. The van der Waals surface area contributed by atoms with Crippen molar-refractivity contribution < 1.29 is 23.4 Å². The Morgan fingerprint density at radius 3 is 2.64 bits per heavy atom. The Balaban J connectivity index is 1.42. The molecule has 28 heavy (non-hydrogen) atoms. The Bertz CT molecular complexity index is 1080. The molecule has 0 bridgehead atoms. The average molecular weight is 400 g/mol. The van der Waals surface area contributed by atoms with Gasteiger partial charge in [-0.2, -0.15) is 0 Å². The number of amides is 1. The molecule has 1 amide bonds. The highest BCUT2D eigenvalue weighted by Crippen LogP contribution is 2.34. The van der Waals surface area contributed by atoms with Gasteiger partial charge >= 0.3 is 0 Å². The number of fused-ring (bicyclic) bond motifs is 1.